The van der Waals surface area contributed by atoms with Crippen molar-refractivity contribution in [3.05, 3.63) is 94.0 Å². The van der Waals surface area contributed by atoms with Gasteiger partial charge in [-0.3, -0.25) is 9.59 Å². The third kappa shape index (κ3) is 6.33. The van der Waals surface area contributed by atoms with Crippen LogP contribution in [-0.4, -0.2) is 23.5 Å². The number of halogens is 1. The molecule has 1 amide bonds. The molecule has 3 aromatic rings. The van der Waals surface area contributed by atoms with Crippen molar-refractivity contribution in [1.29, 1.82) is 5.26 Å². The molecule has 0 aliphatic carbocycles. The molecule has 0 bridgehead atoms. The van der Waals surface area contributed by atoms with Crippen LogP contribution in [0, 0.1) is 11.3 Å². The Labute approximate surface area is 184 Å². The average molecular weight is 435 g/mol. The summed E-state index contributed by atoms with van der Waals surface area (Å²) in [6.45, 7) is 0.493. The maximum Gasteiger partial charge on any atom is 0.307 e. The van der Waals surface area contributed by atoms with E-state index in [1.807, 2.05) is 30.3 Å². The standard InChI is InChI=1S/C24H19ClN2O4/c25-20-6-1-16(2-7-20)11-12-27-24(30)18-4-8-21(9-5-18)31-22-10-3-17(14-23(28)29)13-19(22)15-26/h1-10,13H,11-12,14H2,(H,27,30)(H,28,29). The molecule has 31 heavy (non-hydrogen) atoms. The number of aliphatic carboxylic acids is 1. The molecule has 156 valence electrons. The van der Waals surface area contributed by atoms with E-state index in [4.69, 9.17) is 21.4 Å². The second-order valence-electron chi connectivity index (χ2n) is 6.77. The maximum atomic E-state index is 12.3. The molecule has 3 rings (SSSR count). The van der Waals surface area contributed by atoms with Crippen molar-refractivity contribution < 1.29 is 19.4 Å². The molecule has 0 fully saturated rings. The fraction of sp³-hybridized carbons (Fsp3) is 0.125. The first kappa shape index (κ1) is 21.9. The minimum Gasteiger partial charge on any atom is -0.481 e. The zero-order valence-corrected chi connectivity index (χ0v) is 17.2. The quantitative estimate of drug-likeness (QED) is 0.539. The normalized spacial score (nSPS) is 10.2. The lowest BCUT2D eigenvalue weighted by Gasteiger charge is -2.10. The van der Waals surface area contributed by atoms with Gasteiger partial charge >= 0.3 is 5.97 Å². The summed E-state index contributed by atoms with van der Waals surface area (Å²) in [6.07, 6.45) is 0.524. The van der Waals surface area contributed by atoms with Crippen molar-refractivity contribution in [2.45, 2.75) is 12.8 Å². The molecule has 3 aromatic carbocycles. The van der Waals surface area contributed by atoms with Crippen molar-refractivity contribution >= 4 is 23.5 Å². The minimum atomic E-state index is -0.973. The molecule has 6 nitrogen and oxygen atoms in total. The number of carbonyl (C=O) groups is 2. The van der Waals surface area contributed by atoms with Crippen LogP contribution in [0.15, 0.2) is 66.7 Å². The van der Waals surface area contributed by atoms with E-state index in [1.54, 1.807) is 36.4 Å². The predicted molar refractivity (Wildman–Crippen MR) is 117 cm³/mol. The van der Waals surface area contributed by atoms with Crippen molar-refractivity contribution in [2.75, 3.05) is 6.54 Å². The Morgan fingerprint density at radius 1 is 1.00 bits per heavy atom. The van der Waals surface area contributed by atoms with E-state index < -0.39 is 5.97 Å². The van der Waals surface area contributed by atoms with E-state index in [9.17, 15) is 14.9 Å². The third-order valence-corrected chi connectivity index (χ3v) is 4.73. The van der Waals surface area contributed by atoms with Crippen LogP contribution in [0.3, 0.4) is 0 Å². The molecule has 0 aliphatic rings. The Morgan fingerprint density at radius 3 is 2.32 bits per heavy atom. The lowest BCUT2D eigenvalue weighted by molar-refractivity contribution is -0.136. The van der Waals surface area contributed by atoms with Gasteiger partial charge in [0.2, 0.25) is 0 Å². The van der Waals surface area contributed by atoms with Crippen LogP contribution in [0.1, 0.15) is 27.0 Å². The number of carbonyl (C=O) groups excluding carboxylic acids is 1. The SMILES string of the molecule is N#Cc1cc(CC(=O)O)ccc1Oc1ccc(C(=O)NCCc2ccc(Cl)cc2)cc1. The number of rotatable bonds is 8. The van der Waals surface area contributed by atoms with Gasteiger partial charge in [-0.2, -0.15) is 5.26 Å². The number of amides is 1. The van der Waals surface area contributed by atoms with E-state index >= 15 is 0 Å². The smallest absolute Gasteiger partial charge is 0.307 e. The van der Waals surface area contributed by atoms with E-state index in [-0.39, 0.29) is 17.9 Å². The lowest BCUT2D eigenvalue weighted by atomic mass is 10.1. The largest absolute Gasteiger partial charge is 0.481 e. The summed E-state index contributed by atoms with van der Waals surface area (Å²) in [5, 5.41) is 21.7. The zero-order chi connectivity index (χ0) is 22.2. The van der Waals surface area contributed by atoms with Gasteiger partial charge in [-0.05, 0) is 66.1 Å². The van der Waals surface area contributed by atoms with Gasteiger partial charge in [-0.1, -0.05) is 29.8 Å². The third-order valence-electron chi connectivity index (χ3n) is 4.48. The van der Waals surface area contributed by atoms with Crippen molar-refractivity contribution in [1.82, 2.24) is 5.32 Å². The summed E-state index contributed by atoms with van der Waals surface area (Å²) in [5.41, 5.74) is 2.32. The lowest BCUT2D eigenvalue weighted by Crippen LogP contribution is -2.25. The van der Waals surface area contributed by atoms with Crippen LogP contribution in [-0.2, 0) is 17.6 Å². The van der Waals surface area contributed by atoms with Gasteiger partial charge in [0.15, 0.2) is 0 Å². The highest BCUT2D eigenvalue weighted by molar-refractivity contribution is 6.30. The Bertz CT molecular complexity index is 1120. The Morgan fingerprint density at radius 2 is 1.68 bits per heavy atom. The molecule has 0 atom stereocenters. The van der Waals surface area contributed by atoms with Crippen LogP contribution in [0.4, 0.5) is 0 Å². The van der Waals surface area contributed by atoms with Gasteiger partial charge < -0.3 is 15.2 Å². The molecular weight excluding hydrogens is 416 g/mol. The molecule has 7 heteroatoms. The number of nitriles is 1. The van der Waals surface area contributed by atoms with Gasteiger partial charge in [0.1, 0.15) is 17.6 Å². The fourth-order valence-corrected chi connectivity index (χ4v) is 3.04. The van der Waals surface area contributed by atoms with Crippen LogP contribution in [0.25, 0.3) is 0 Å². The Hall–Kier alpha value is -3.82. The number of ether oxygens (including phenoxy) is 1. The molecule has 0 radical (unpaired) electrons. The van der Waals surface area contributed by atoms with Crippen LogP contribution in [0.5, 0.6) is 11.5 Å². The topological polar surface area (TPSA) is 99.4 Å². The highest BCUT2D eigenvalue weighted by Crippen LogP contribution is 2.26. The molecule has 2 N–H and O–H groups in total. The summed E-state index contributed by atoms with van der Waals surface area (Å²) in [5.74, 6) is -0.396. The number of carboxylic acid groups (broad SMARTS) is 1. The van der Waals surface area contributed by atoms with Gasteiger partial charge in [0.25, 0.3) is 5.91 Å². The summed E-state index contributed by atoms with van der Waals surface area (Å²) < 4.78 is 5.73. The predicted octanol–water partition coefficient (Wildman–Crippen LogP) is 4.60. The number of benzene rings is 3. The molecule has 0 saturated heterocycles. The number of hydrogen-bond acceptors (Lipinski definition) is 4. The van der Waals surface area contributed by atoms with Gasteiger partial charge in [0, 0.05) is 17.1 Å². The molecule has 0 saturated carbocycles. The average Bonchev–Trinajstić information content (AvgIpc) is 2.76. The molecule has 0 heterocycles. The summed E-state index contributed by atoms with van der Waals surface area (Å²) in [7, 11) is 0. The molecule has 0 aromatic heterocycles. The minimum absolute atomic E-state index is 0.170. The monoisotopic (exact) mass is 434 g/mol. The van der Waals surface area contributed by atoms with Crippen molar-refractivity contribution in [2.24, 2.45) is 0 Å². The van der Waals surface area contributed by atoms with Crippen molar-refractivity contribution in [3.63, 3.8) is 0 Å². The zero-order valence-electron chi connectivity index (χ0n) is 16.5. The first-order valence-corrected chi connectivity index (χ1v) is 9.88. The van der Waals surface area contributed by atoms with E-state index in [1.165, 1.54) is 6.07 Å². The molecule has 0 unspecified atom stereocenters. The number of nitrogens with zero attached hydrogens (tertiary/aromatic N) is 1. The summed E-state index contributed by atoms with van der Waals surface area (Å²) in [4.78, 5) is 23.2. The van der Waals surface area contributed by atoms with Crippen molar-refractivity contribution in [3.8, 4) is 17.6 Å². The van der Waals surface area contributed by atoms with Crippen LogP contribution >= 0.6 is 11.6 Å². The first-order valence-electron chi connectivity index (χ1n) is 9.50. The first-order chi connectivity index (χ1) is 14.9. The second kappa shape index (κ2) is 10.3. The van der Waals surface area contributed by atoms with Gasteiger partial charge in [0.05, 0.1) is 12.0 Å². The van der Waals surface area contributed by atoms with Crippen LogP contribution in [0.2, 0.25) is 5.02 Å². The Kier molecular flexibility index (Phi) is 7.26. The number of nitrogens with one attached hydrogen (secondary N) is 1. The molecule has 0 spiro atoms. The molecule has 0 aliphatic heterocycles. The fourth-order valence-electron chi connectivity index (χ4n) is 2.91. The second-order valence-corrected chi connectivity index (χ2v) is 7.21. The van der Waals surface area contributed by atoms with E-state index in [2.05, 4.69) is 5.32 Å². The maximum absolute atomic E-state index is 12.3. The number of carboxylic acids is 1. The summed E-state index contributed by atoms with van der Waals surface area (Å²) in [6, 6.07) is 20.7. The highest BCUT2D eigenvalue weighted by Gasteiger charge is 2.10. The highest BCUT2D eigenvalue weighted by atomic mass is 35.5. The van der Waals surface area contributed by atoms with Gasteiger partial charge in [-0.25, -0.2) is 0 Å². The molecular formula is C24H19ClN2O4. The van der Waals surface area contributed by atoms with Crippen LogP contribution < -0.4 is 10.1 Å². The Balaban J connectivity index is 1.58. The van der Waals surface area contributed by atoms with Gasteiger partial charge in [-0.15, -0.1) is 0 Å². The van der Waals surface area contributed by atoms with E-state index in [0.717, 1.165) is 5.56 Å². The summed E-state index contributed by atoms with van der Waals surface area (Å²) >= 11 is 5.86. The number of hydrogen-bond donors (Lipinski definition) is 2. The van der Waals surface area contributed by atoms with E-state index in [0.29, 0.717) is 40.6 Å².